The van der Waals surface area contributed by atoms with Gasteiger partial charge in [-0.05, 0) is 19.1 Å². The van der Waals surface area contributed by atoms with Crippen LogP contribution in [-0.4, -0.2) is 10.8 Å². The molecule has 0 spiro atoms. The third-order valence-electron chi connectivity index (χ3n) is 3.11. The van der Waals surface area contributed by atoms with E-state index in [4.69, 9.17) is 5.41 Å². The molecule has 3 rings (SSSR count). The third-order valence-corrected chi connectivity index (χ3v) is 4.28. The normalized spacial score (nSPS) is 10.8. The number of rotatable bonds is 2. The molecule has 0 atom stereocenters. The zero-order valence-corrected chi connectivity index (χ0v) is 11.3. The van der Waals surface area contributed by atoms with Crippen LogP contribution in [0.5, 0.6) is 5.75 Å². The lowest BCUT2D eigenvalue weighted by molar-refractivity contribution is 0.482. The maximum atomic E-state index is 10.3. The number of aryl methyl sites for hydroxylation is 1. The molecule has 0 unspecified atom stereocenters. The molecule has 3 aromatic rings. The predicted octanol–water partition coefficient (Wildman–Crippen LogP) is 4.33. The smallest absolute Gasteiger partial charge is 0.143 e. The van der Waals surface area contributed by atoms with Gasteiger partial charge in [0.2, 0.25) is 0 Å². The molecule has 0 saturated heterocycles. The van der Waals surface area contributed by atoms with Crippen LogP contribution in [0, 0.1) is 12.3 Å². The van der Waals surface area contributed by atoms with Gasteiger partial charge in [-0.2, -0.15) is 0 Å². The van der Waals surface area contributed by atoms with Crippen LogP contribution in [0.15, 0.2) is 48.5 Å². The second kappa shape index (κ2) is 4.52. The van der Waals surface area contributed by atoms with E-state index in [1.807, 2.05) is 55.5 Å². The van der Waals surface area contributed by atoms with Gasteiger partial charge in [0.05, 0.1) is 10.6 Å². The van der Waals surface area contributed by atoms with Crippen LogP contribution >= 0.6 is 11.3 Å². The quantitative estimate of drug-likeness (QED) is 0.667. The highest BCUT2D eigenvalue weighted by molar-refractivity contribution is 7.21. The molecule has 0 aliphatic heterocycles. The van der Waals surface area contributed by atoms with Gasteiger partial charge in [-0.25, -0.2) is 0 Å². The third kappa shape index (κ3) is 2.02. The Morgan fingerprint density at radius 2 is 1.84 bits per heavy atom. The van der Waals surface area contributed by atoms with Gasteiger partial charge < -0.3 is 5.11 Å². The molecular weight excluding hydrogens is 254 g/mol. The van der Waals surface area contributed by atoms with Gasteiger partial charge >= 0.3 is 0 Å². The molecule has 0 saturated carbocycles. The summed E-state index contributed by atoms with van der Waals surface area (Å²) in [6, 6.07) is 15.5. The van der Waals surface area contributed by atoms with E-state index >= 15 is 0 Å². The molecular formula is C16H13NOS. The van der Waals surface area contributed by atoms with Gasteiger partial charge in [0.1, 0.15) is 5.75 Å². The van der Waals surface area contributed by atoms with Gasteiger partial charge in [0, 0.05) is 15.6 Å². The first-order chi connectivity index (χ1) is 9.16. The van der Waals surface area contributed by atoms with Gasteiger partial charge in [0.15, 0.2) is 0 Å². The second-order valence-electron chi connectivity index (χ2n) is 4.52. The number of nitrogens with one attached hydrogen (secondary N) is 1. The van der Waals surface area contributed by atoms with Gasteiger partial charge in [0.25, 0.3) is 0 Å². The standard InChI is InChI=1S/C16H13NOS/c1-10-7-8-13-12(9-10)15(18)16(19-13)14(17)11-5-3-2-4-6-11/h2-9,17-18H,1H3. The molecule has 0 radical (unpaired) electrons. The van der Waals surface area contributed by atoms with E-state index in [1.165, 1.54) is 11.3 Å². The number of hydrogen-bond acceptors (Lipinski definition) is 3. The fourth-order valence-corrected chi connectivity index (χ4v) is 3.15. The maximum absolute atomic E-state index is 10.3. The minimum Gasteiger partial charge on any atom is -0.506 e. The van der Waals surface area contributed by atoms with Crippen molar-refractivity contribution in [1.82, 2.24) is 0 Å². The Morgan fingerprint density at radius 3 is 2.58 bits per heavy atom. The number of hydrogen-bond donors (Lipinski definition) is 2. The monoisotopic (exact) mass is 267 g/mol. The molecule has 2 aromatic carbocycles. The summed E-state index contributed by atoms with van der Waals surface area (Å²) < 4.78 is 1.01. The molecule has 0 aliphatic carbocycles. The summed E-state index contributed by atoms with van der Waals surface area (Å²) in [5.74, 6) is 0.220. The lowest BCUT2D eigenvalue weighted by Crippen LogP contribution is -1.98. The number of fused-ring (bicyclic) bond motifs is 1. The number of benzene rings is 2. The summed E-state index contributed by atoms with van der Waals surface area (Å²) in [5.41, 5.74) is 2.30. The summed E-state index contributed by atoms with van der Waals surface area (Å²) in [4.78, 5) is 0.631. The van der Waals surface area contributed by atoms with Crippen LogP contribution in [0.4, 0.5) is 0 Å². The van der Waals surface area contributed by atoms with Crippen molar-refractivity contribution in [2.24, 2.45) is 0 Å². The zero-order chi connectivity index (χ0) is 13.4. The van der Waals surface area contributed by atoms with Crippen LogP contribution in [0.1, 0.15) is 16.0 Å². The van der Waals surface area contributed by atoms with Crippen molar-refractivity contribution in [2.75, 3.05) is 0 Å². The van der Waals surface area contributed by atoms with E-state index in [9.17, 15) is 5.11 Å². The maximum Gasteiger partial charge on any atom is 0.143 e. The Kier molecular flexibility index (Phi) is 2.84. The average Bonchev–Trinajstić information content (AvgIpc) is 2.76. The summed E-state index contributed by atoms with van der Waals surface area (Å²) in [7, 11) is 0. The van der Waals surface area contributed by atoms with E-state index in [2.05, 4.69) is 0 Å². The van der Waals surface area contributed by atoms with E-state index in [-0.39, 0.29) is 5.75 Å². The van der Waals surface area contributed by atoms with Crippen molar-refractivity contribution in [3.63, 3.8) is 0 Å². The minimum absolute atomic E-state index is 0.220. The summed E-state index contributed by atoms with van der Waals surface area (Å²) >= 11 is 1.46. The number of aromatic hydroxyl groups is 1. The molecule has 1 heterocycles. The van der Waals surface area contributed by atoms with Crippen LogP contribution in [0.2, 0.25) is 0 Å². The van der Waals surface area contributed by atoms with Crippen LogP contribution < -0.4 is 0 Å². The molecule has 3 heteroatoms. The predicted molar refractivity (Wildman–Crippen MR) is 80.6 cm³/mol. The van der Waals surface area contributed by atoms with Crippen LogP contribution in [0.3, 0.4) is 0 Å². The first-order valence-electron chi connectivity index (χ1n) is 6.03. The first-order valence-corrected chi connectivity index (χ1v) is 6.85. The lowest BCUT2D eigenvalue weighted by atomic mass is 10.1. The van der Waals surface area contributed by atoms with Crippen molar-refractivity contribution in [2.45, 2.75) is 6.92 Å². The molecule has 2 N–H and O–H groups in total. The second-order valence-corrected chi connectivity index (χ2v) is 5.57. The molecule has 1 aromatic heterocycles. The molecule has 0 amide bonds. The Hall–Kier alpha value is -2.13. The Bertz CT molecular complexity index is 759. The molecule has 19 heavy (non-hydrogen) atoms. The highest BCUT2D eigenvalue weighted by Gasteiger charge is 2.16. The number of thiophene rings is 1. The van der Waals surface area contributed by atoms with Crippen molar-refractivity contribution in [3.8, 4) is 5.75 Å². The fraction of sp³-hybridized carbons (Fsp3) is 0.0625. The van der Waals surface area contributed by atoms with Crippen LogP contribution in [-0.2, 0) is 0 Å². The Morgan fingerprint density at radius 1 is 1.11 bits per heavy atom. The molecule has 0 aliphatic rings. The zero-order valence-electron chi connectivity index (χ0n) is 10.5. The highest BCUT2D eigenvalue weighted by atomic mass is 32.1. The minimum atomic E-state index is 0.220. The van der Waals surface area contributed by atoms with Gasteiger partial charge in [-0.15, -0.1) is 11.3 Å². The largest absolute Gasteiger partial charge is 0.506 e. The van der Waals surface area contributed by atoms with Gasteiger partial charge in [-0.1, -0.05) is 42.0 Å². The van der Waals surface area contributed by atoms with E-state index in [0.29, 0.717) is 10.6 Å². The lowest BCUT2D eigenvalue weighted by Gasteiger charge is -2.01. The van der Waals surface area contributed by atoms with E-state index in [1.54, 1.807) is 0 Å². The average molecular weight is 267 g/mol. The van der Waals surface area contributed by atoms with E-state index < -0.39 is 0 Å². The van der Waals surface area contributed by atoms with Crippen molar-refractivity contribution >= 4 is 27.1 Å². The van der Waals surface area contributed by atoms with Gasteiger partial charge in [-0.3, -0.25) is 5.41 Å². The molecule has 94 valence electrons. The molecule has 0 fully saturated rings. The fourth-order valence-electron chi connectivity index (χ4n) is 2.10. The van der Waals surface area contributed by atoms with Crippen molar-refractivity contribution < 1.29 is 5.11 Å². The van der Waals surface area contributed by atoms with Crippen LogP contribution in [0.25, 0.3) is 10.1 Å². The van der Waals surface area contributed by atoms with Crippen molar-refractivity contribution in [1.29, 1.82) is 5.41 Å². The first kappa shape index (κ1) is 11.9. The SMILES string of the molecule is Cc1ccc2sc(C(=N)c3ccccc3)c(O)c2c1. The van der Waals surface area contributed by atoms with E-state index in [0.717, 1.165) is 21.2 Å². The topological polar surface area (TPSA) is 44.1 Å². The summed E-state index contributed by atoms with van der Waals surface area (Å²) in [5, 5.41) is 19.4. The summed E-state index contributed by atoms with van der Waals surface area (Å²) in [6.07, 6.45) is 0. The highest BCUT2D eigenvalue weighted by Crippen LogP contribution is 2.38. The Balaban J connectivity index is 2.16. The molecule has 0 bridgehead atoms. The summed E-state index contributed by atoms with van der Waals surface area (Å²) in [6.45, 7) is 2.00. The molecule has 2 nitrogen and oxygen atoms in total. The van der Waals surface area contributed by atoms with Crippen molar-refractivity contribution in [3.05, 3.63) is 64.5 Å². The Labute approximate surface area is 115 Å².